The molecule has 8 heteroatoms. The molecule has 0 atom stereocenters. The Kier molecular flexibility index (Phi) is 4.14. The van der Waals surface area contributed by atoms with Gasteiger partial charge in [0.05, 0.1) is 17.7 Å². The first-order valence-electron chi connectivity index (χ1n) is 5.94. The second kappa shape index (κ2) is 5.83. The highest BCUT2D eigenvalue weighted by Gasteiger charge is 2.17. The second-order valence-electron chi connectivity index (χ2n) is 4.39. The summed E-state index contributed by atoms with van der Waals surface area (Å²) in [6.07, 6.45) is 1.16. The van der Waals surface area contributed by atoms with E-state index < -0.39 is 5.91 Å². The average molecular weight is 294 g/mol. The van der Waals surface area contributed by atoms with Gasteiger partial charge in [-0.15, -0.1) is 11.3 Å². The summed E-state index contributed by atoms with van der Waals surface area (Å²) >= 11 is 1.28. The Labute approximate surface area is 119 Å². The molecular formula is C12H14N4O3S. The third kappa shape index (κ3) is 3.02. The van der Waals surface area contributed by atoms with Crippen molar-refractivity contribution in [3.05, 3.63) is 33.9 Å². The Balaban J connectivity index is 2.01. The zero-order valence-electron chi connectivity index (χ0n) is 11.0. The number of rotatable bonds is 5. The van der Waals surface area contributed by atoms with E-state index in [1.165, 1.54) is 11.3 Å². The molecule has 106 valence electrons. The maximum absolute atomic E-state index is 12.0. The molecule has 0 radical (unpaired) electrons. The van der Waals surface area contributed by atoms with Crippen LogP contribution in [-0.2, 0) is 6.54 Å². The number of amides is 2. The standard InChI is InChI=1S/C12H14N4O3S/c1-6(2)9-10(20-5-15-9)12(18)14-3-8-16-7(4-19-8)11(13)17/h4-6H,3H2,1-2H3,(H2,13,17)(H,14,18). The number of thiazole rings is 1. The molecule has 0 fully saturated rings. The highest BCUT2D eigenvalue weighted by molar-refractivity contribution is 7.11. The van der Waals surface area contributed by atoms with Gasteiger partial charge in [-0.2, -0.15) is 0 Å². The molecule has 0 saturated carbocycles. The molecule has 0 bridgehead atoms. The predicted octanol–water partition coefficient (Wildman–Crippen LogP) is 1.28. The van der Waals surface area contributed by atoms with Gasteiger partial charge in [-0.3, -0.25) is 9.59 Å². The molecular weight excluding hydrogens is 280 g/mol. The quantitative estimate of drug-likeness (QED) is 0.863. The first-order chi connectivity index (χ1) is 9.49. The van der Waals surface area contributed by atoms with E-state index in [0.717, 1.165) is 12.0 Å². The van der Waals surface area contributed by atoms with E-state index in [0.29, 0.717) is 4.88 Å². The number of hydrogen-bond acceptors (Lipinski definition) is 6. The van der Waals surface area contributed by atoms with Crippen LogP contribution in [0.4, 0.5) is 0 Å². The van der Waals surface area contributed by atoms with Crippen LogP contribution < -0.4 is 11.1 Å². The molecule has 0 aliphatic heterocycles. The topological polar surface area (TPSA) is 111 Å². The lowest BCUT2D eigenvalue weighted by Crippen LogP contribution is -2.23. The summed E-state index contributed by atoms with van der Waals surface area (Å²) in [5, 5.41) is 2.67. The van der Waals surface area contributed by atoms with Gasteiger partial charge in [0.1, 0.15) is 11.1 Å². The number of aromatic nitrogens is 2. The summed E-state index contributed by atoms with van der Waals surface area (Å²) in [5.74, 6) is -0.515. The van der Waals surface area contributed by atoms with E-state index in [9.17, 15) is 9.59 Å². The van der Waals surface area contributed by atoms with Crippen LogP contribution in [0.15, 0.2) is 16.2 Å². The molecule has 2 heterocycles. The minimum Gasteiger partial charge on any atom is -0.446 e. The van der Waals surface area contributed by atoms with E-state index in [1.54, 1.807) is 5.51 Å². The summed E-state index contributed by atoms with van der Waals surface area (Å²) in [5.41, 5.74) is 7.50. The molecule has 0 saturated heterocycles. The van der Waals surface area contributed by atoms with Crippen molar-refractivity contribution in [1.29, 1.82) is 0 Å². The highest BCUT2D eigenvalue weighted by atomic mass is 32.1. The zero-order valence-corrected chi connectivity index (χ0v) is 11.9. The molecule has 2 aromatic rings. The van der Waals surface area contributed by atoms with Crippen LogP contribution in [0.2, 0.25) is 0 Å². The van der Waals surface area contributed by atoms with Crippen LogP contribution in [0.3, 0.4) is 0 Å². The smallest absolute Gasteiger partial charge is 0.270 e. The lowest BCUT2D eigenvalue weighted by molar-refractivity contribution is 0.0949. The van der Waals surface area contributed by atoms with E-state index in [4.69, 9.17) is 10.2 Å². The maximum atomic E-state index is 12.0. The van der Waals surface area contributed by atoms with Gasteiger partial charge in [0, 0.05) is 0 Å². The first kappa shape index (κ1) is 14.2. The molecule has 0 aliphatic carbocycles. The average Bonchev–Trinajstić information content (AvgIpc) is 3.04. The second-order valence-corrected chi connectivity index (χ2v) is 5.25. The minimum absolute atomic E-state index is 0.0370. The van der Waals surface area contributed by atoms with E-state index >= 15 is 0 Å². The number of nitrogens with zero attached hydrogens (tertiary/aromatic N) is 2. The van der Waals surface area contributed by atoms with Crippen molar-refractivity contribution in [2.75, 3.05) is 0 Å². The Bertz CT molecular complexity index is 632. The van der Waals surface area contributed by atoms with Gasteiger partial charge >= 0.3 is 0 Å². The lowest BCUT2D eigenvalue weighted by Gasteiger charge is -2.05. The Morgan fingerprint density at radius 3 is 2.85 bits per heavy atom. The summed E-state index contributed by atoms with van der Waals surface area (Å²) in [6, 6.07) is 0. The van der Waals surface area contributed by atoms with Crippen LogP contribution in [0.1, 0.15) is 51.5 Å². The Hall–Kier alpha value is -2.22. The molecule has 0 spiro atoms. The van der Waals surface area contributed by atoms with Crippen molar-refractivity contribution in [1.82, 2.24) is 15.3 Å². The fraction of sp³-hybridized carbons (Fsp3) is 0.333. The Morgan fingerprint density at radius 1 is 1.50 bits per heavy atom. The molecule has 2 aromatic heterocycles. The fourth-order valence-corrected chi connectivity index (χ4v) is 2.44. The van der Waals surface area contributed by atoms with Crippen LogP contribution in [0, 0.1) is 0 Å². The summed E-state index contributed by atoms with van der Waals surface area (Å²) in [4.78, 5) is 31.5. The number of nitrogens with two attached hydrogens (primary N) is 1. The van der Waals surface area contributed by atoms with Crippen molar-refractivity contribution in [2.45, 2.75) is 26.3 Å². The van der Waals surface area contributed by atoms with Crippen molar-refractivity contribution < 1.29 is 14.0 Å². The predicted molar refractivity (Wildman–Crippen MR) is 72.4 cm³/mol. The van der Waals surface area contributed by atoms with Crippen LogP contribution in [0.5, 0.6) is 0 Å². The maximum Gasteiger partial charge on any atom is 0.270 e. The lowest BCUT2D eigenvalue weighted by atomic mass is 10.1. The van der Waals surface area contributed by atoms with Crippen molar-refractivity contribution in [2.24, 2.45) is 5.73 Å². The number of oxazole rings is 1. The number of nitrogens with one attached hydrogen (secondary N) is 1. The minimum atomic E-state index is -0.670. The van der Waals surface area contributed by atoms with Gasteiger partial charge in [-0.25, -0.2) is 9.97 Å². The van der Waals surface area contributed by atoms with Crippen molar-refractivity contribution >= 4 is 23.2 Å². The molecule has 7 nitrogen and oxygen atoms in total. The number of carbonyl (C=O) groups excluding carboxylic acids is 2. The third-order valence-electron chi connectivity index (χ3n) is 2.55. The fourth-order valence-electron chi connectivity index (χ4n) is 1.58. The summed E-state index contributed by atoms with van der Waals surface area (Å²) in [6.45, 7) is 4.03. The van der Waals surface area contributed by atoms with Crippen LogP contribution >= 0.6 is 11.3 Å². The molecule has 2 amide bonds. The van der Waals surface area contributed by atoms with Gasteiger partial charge in [0.15, 0.2) is 5.69 Å². The monoisotopic (exact) mass is 294 g/mol. The number of hydrogen-bond donors (Lipinski definition) is 2. The first-order valence-corrected chi connectivity index (χ1v) is 6.82. The van der Waals surface area contributed by atoms with E-state index in [-0.39, 0.29) is 30.0 Å². The van der Waals surface area contributed by atoms with E-state index in [1.807, 2.05) is 13.8 Å². The van der Waals surface area contributed by atoms with Crippen LogP contribution in [-0.4, -0.2) is 21.8 Å². The highest BCUT2D eigenvalue weighted by Crippen LogP contribution is 2.21. The van der Waals surface area contributed by atoms with Crippen LogP contribution in [0.25, 0.3) is 0 Å². The van der Waals surface area contributed by atoms with Gasteiger partial charge in [-0.05, 0) is 5.92 Å². The SMILES string of the molecule is CC(C)c1ncsc1C(=O)NCc1nc(C(N)=O)co1. The van der Waals surface area contributed by atoms with Gasteiger partial charge in [0.2, 0.25) is 5.89 Å². The molecule has 2 rings (SSSR count). The number of primary amides is 1. The molecule has 20 heavy (non-hydrogen) atoms. The summed E-state index contributed by atoms with van der Waals surface area (Å²) in [7, 11) is 0. The van der Waals surface area contributed by atoms with Gasteiger partial charge < -0.3 is 15.5 Å². The Morgan fingerprint density at radius 2 is 2.25 bits per heavy atom. The molecule has 3 N–H and O–H groups in total. The third-order valence-corrected chi connectivity index (χ3v) is 3.39. The summed E-state index contributed by atoms with van der Waals surface area (Å²) < 4.78 is 5.03. The van der Waals surface area contributed by atoms with Gasteiger partial charge in [0.25, 0.3) is 11.8 Å². The van der Waals surface area contributed by atoms with E-state index in [2.05, 4.69) is 15.3 Å². The normalized spacial score (nSPS) is 10.8. The molecule has 0 unspecified atom stereocenters. The largest absolute Gasteiger partial charge is 0.446 e. The van der Waals surface area contributed by atoms with Crippen molar-refractivity contribution in [3.8, 4) is 0 Å². The number of carbonyl (C=O) groups is 2. The molecule has 0 aliphatic rings. The van der Waals surface area contributed by atoms with Crippen molar-refractivity contribution in [3.63, 3.8) is 0 Å². The zero-order chi connectivity index (χ0) is 14.7. The molecule has 0 aromatic carbocycles. The van der Waals surface area contributed by atoms with Gasteiger partial charge in [-0.1, -0.05) is 13.8 Å².